The number of fused-ring (bicyclic) bond motifs is 9. The first-order chi connectivity index (χ1) is 25.7. The zero-order valence-corrected chi connectivity index (χ0v) is 28.8. The average Bonchev–Trinajstić information content (AvgIpc) is 3.91. The Morgan fingerprint density at radius 3 is 1.92 bits per heavy atom. The number of benzene rings is 7. The van der Waals surface area contributed by atoms with Crippen LogP contribution in [0.3, 0.4) is 0 Å². The molecule has 3 heteroatoms. The molecule has 2 aliphatic carbocycles. The molecule has 0 amide bonds. The predicted octanol–water partition coefficient (Wildman–Crippen LogP) is 12.6. The van der Waals surface area contributed by atoms with E-state index in [-0.39, 0.29) is 5.41 Å². The van der Waals surface area contributed by atoms with Crippen molar-refractivity contribution in [2.45, 2.75) is 31.1 Å². The highest BCUT2D eigenvalue weighted by atomic mass is 15.0. The smallest absolute Gasteiger partial charge is 0.160 e. The van der Waals surface area contributed by atoms with Crippen LogP contribution in [0.15, 0.2) is 164 Å². The summed E-state index contributed by atoms with van der Waals surface area (Å²) in [7, 11) is 0. The van der Waals surface area contributed by atoms with E-state index in [1.165, 1.54) is 80.9 Å². The maximum absolute atomic E-state index is 5.15. The van der Waals surface area contributed by atoms with Gasteiger partial charge in [-0.15, -0.1) is 0 Å². The topological polar surface area (TPSA) is 30.7 Å². The Balaban J connectivity index is 1.12. The van der Waals surface area contributed by atoms with Crippen LogP contribution in [0.5, 0.6) is 0 Å². The standard InChI is InChI=1S/C49H35N3/c1-3-13-32(14-4-1)35-23-26-45-40(29-35)41-30-43-39(37-17-7-9-19-42(37)49(43)27-11-12-28-49)31-46(41)52(45)36-24-21-34(22-25-36)48-50-44-20-10-8-18-38(44)47(51-48)33-15-5-2-6-16-33/h1-10,13-26,29-31H,11-12,27-28H2. The van der Waals surface area contributed by atoms with Crippen molar-refractivity contribution in [2.75, 3.05) is 0 Å². The summed E-state index contributed by atoms with van der Waals surface area (Å²) in [6.07, 6.45) is 5.01. The van der Waals surface area contributed by atoms with Gasteiger partial charge in [0.25, 0.3) is 0 Å². The minimum absolute atomic E-state index is 0.117. The molecule has 0 radical (unpaired) electrons. The van der Waals surface area contributed by atoms with Crippen molar-refractivity contribution >= 4 is 32.7 Å². The van der Waals surface area contributed by atoms with Gasteiger partial charge in [-0.25, -0.2) is 9.97 Å². The molecule has 7 aromatic carbocycles. The van der Waals surface area contributed by atoms with Crippen molar-refractivity contribution in [1.29, 1.82) is 0 Å². The Bertz CT molecular complexity index is 2830. The number of hydrogen-bond acceptors (Lipinski definition) is 2. The molecule has 0 saturated heterocycles. The molecule has 2 aromatic heterocycles. The molecule has 0 atom stereocenters. The van der Waals surface area contributed by atoms with Crippen LogP contribution < -0.4 is 0 Å². The molecule has 11 rings (SSSR count). The molecule has 1 spiro atoms. The fourth-order valence-electron chi connectivity index (χ4n) is 9.35. The maximum atomic E-state index is 5.15. The van der Waals surface area contributed by atoms with Crippen LogP contribution in [0.25, 0.3) is 83.3 Å². The normalized spacial score (nSPS) is 14.4. The monoisotopic (exact) mass is 665 g/mol. The molecule has 52 heavy (non-hydrogen) atoms. The summed E-state index contributed by atoms with van der Waals surface area (Å²) in [4.78, 5) is 10.2. The van der Waals surface area contributed by atoms with Gasteiger partial charge in [-0.3, -0.25) is 0 Å². The summed E-state index contributed by atoms with van der Waals surface area (Å²) >= 11 is 0. The van der Waals surface area contributed by atoms with Crippen molar-refractivity contribution in [2.24, 2.45) is 0 Å². The molecule has 0 aliphatic heterocycles. The number of aromatic nitrogens is 3. The lowest BCUT2D eigenvalue weighted by molar-refractivity contribution is 0.550. The Labute approximate surface area is 302 Å². The third kappa shape index (κ3) is 4.32. The van der Waals surface area contributed by atoms with Crippen LogP contribution >= 0.6 is 0 Å². The van der Waals surface area contributed by atoms with Crippen LogP contribution in [0, 0.1) is 0 Å². The quantitative estimate of drug-likeness (QED) is 0.187. The third-order valence-corrected chi connectivity index (χ3v) is 11.8. The highest BCUT2D eigenvalue weighted by Gasteiger charge is 2.45. The third-order valence-electron chi connectivity index (χ3n) is 11.8. The number of nitrogens with zero attached hydrogens (tertiary/aromatic N) is 3. The van der Waals surface area contributed by atoms with Gasteiger partial charge in [0.2, 0.25) is 0 Å². The van der Waals surface area contributed by atoms with Crippen LogP contribution in [-0.2, 0) is 5.41 Å². The van der Waals surface area contributed by atoms with Crippen LogP contribution in [0.2, 0.25) is 0 Å². The molecule has 0 N–H and O–H groups in total. The number of rotatable bonds is 4. The second kappa shape index (κ2) is 11.3. The molecular weight excluding hydrogens is 631 g/mol. The van der Waals surface area contributed by atoms with Crippen molar-refractivity contribution in [3.63, 3.8) is 0 Å². The zero-order chi connectivity index (χ0) is 34.2. The lowest BCUT2D eigenvalue weighted by Crippen LogP contribution is -2.20. The summed E-state index contributed by atoms with van der Waals surface area (Å²) < 4.78 is 2.46. The summed E-state index contributed by atoms with van der Waals surface area (Å²) in [5.74, 6) is 0.732. The number of hydrogen-bond donors (Lipinski definition) is 0. The first-order valence-electron chi connectivity index (χ1n) is 18.5. The summed E-state index contributed by atoms with van der Waals surface area (Å²) in [5, 5.41) is 3.67. The maximum Gasteiger partial charge on any atom is 0.160 e. The average molecular weight is 666 g/mol. The molecule has 246 valence electrons. The van der Waals surface area contributed by atoms with Crippen molar-refractivity contribution in [3.8, 4) is 50.6 Å². The van der Waals surface area contributed by atoms with E-state index in [0.29, 0.717) is 0 Å². The Morgan fingerprint density at radius 2 is 1.12 bits per heavy atom. The van der Waals surface area contributed by atoms with Gasteiger partial charge in [0.1, 0.15) is 0 Å². The fraction of sp³-hybridized carbons (Fsp3) is 0.102. The fourth-order valence-corrected chi connectivity index (χ4v) is 9.35. The molecular formula is C49H35N3. The molecule has 0 unspecified atom stereocenters. The molecule has 2 aliphatic rings. The SMILES string of the molecule is c1ccc(-c2ccc3c(c2)c2cc4c(cc2n3-c2ccc(-c3nc(-c5ccccc5)c5ccccc5n3)cc2)-c2ccccc2C42CCCC2)cc1. The van der Waals surface area contributed by atoms with E-state index < -0.39 is 0 Å². The minimum Gasteiger partial charge on any atom is -0.309 e. The van der Waals surface area contributed by atoms with E-state index in [4.69, 9.17) is 9.97 Å². The van der Waals surface area contributed by atoms with Gasteiger partial charge < -0.3 is 4.57 Å². The van der Waals surface area contributed by atoms with Crippen LogP contribution in [0.4, 0.5) is 0 Å². The Morgan fingerprint density at radius 1 is 0.442 bits per heavy atom. The second-order valence-corrected chi connectivity index (χ2v) is 14.5. The summed E-state index contributed by atoms with van der Waals surface area (Å²) in [6.45, 7) is 0. The number of para-hydroxylation sites is 1. The van der Waals surface area contributed by atoms with E-state index >= 15 is 0 Å². The lowest BCUT2D eigenvalue weighted by atomic mass is 9.76. The van der Waals surface area contributed by atoms with Crippen molar-refractivity contribution in [3.05, 3.63) is 175 Å². The molecule has 9 aromatic rings. The van der Waals surface area contributed by atoms with Gasteiger partial charge >= 0.3 is 0 Å². The van der Waals surface area contributed by atoms with Gasteiger partial charge in [-0.1, -0.05) is 122 Å². The second-order valence-electron chi connectivity index (χ2n) is 14.5. The highest BCUT2D eigenvalue weighted by Crippen LogP contribution is 2.58. The largest absolute Gasteiger partial charge is 0.309 e. The van der Waals surface area contributed by atoms with E-state index in [1.54, 1.807) is 0 Å². The molecule has 2 heterocycles. The van der Waals surface area contributed by atoms with Gasteiger partial charge in [0.15, 0.2) is 5.82 Å². The predicted molar refractivity (Wildman–Crippen MR) is 215 cm³/mol. The van der Waals surface area contributed by atoms with E-state index in [2.05, 4.69) is 156 Å². The minimum atomic E-state index is 0.117. The van der Waals surface area contributed by atoms with Crippen molar-refractivity contribution < 1.29 is 0 Å². The Kier molecular flexibility index (Phi) is 6.42. The first kappa shape index (κ1) is 29.4. The van der Waals surface area contributed by atoms with E-state index in [9.17, 15) is 0 Å². The summed E-state index contributed by atoms with van der Waals surface area (Å²) in [5.41, 5.74) is 16.0. The van der Waals surface area contributed by atoms with E-state index in [0.717, 1.165) is 39.2 Å². The molecule has 1 fully saturated rings. The zero-order valence-electron chi connectivity index (χ0n) is 28.8. The van der Waals surface area contributed by atoms with Gasteiger partial charge in [0.05, 0.1) is 22.2 Å². The highest BCUT2D eigenvalue weighted by molar-refractivity contribution is 6.12. The van der Waals surface area contributed by atoms with Gasteiger partial charge in [0, 0.05) is 38.4 Å². The van der Waals surface area contributed by atoms with Crippen LogP contribution in [0.1, 0.15) is 36.8 Å². The van der Waals surface area contributed by atoms with Crippen molar-refractivity contribution in [1.82, 2.24) is 14.5 Å². The molecule has 3 nitrogen and oxygen atoms in total. The molecule has 0 bridgehead atoms. The summed E-state index contributed by atoms with van der Waals surface area (Å²) in [6, 6.07) is 59.5. The molecule has 1 saturated carbocycles. The van der Waals surface area contributed by atoms with Crippen LogP contribution in [-0.4, -0.2) is 14.5 Å². The van der Waals surface area contributed by atoms with Gasteiger partial charge in [-0.2, -0.15) is 0 Å². The lowest BCUT2D eigenvalue weighted by Gasteiger charge is -2.26. The Hall–Kier alpha value is -6.32. The first-order valence-corrected chi connectivity index (χ1v) is 18.5. The van der Waals surface area contributed by atoms with Gasteiger partial charge in [-0.05, 0) is 101 Å². The van der Waals surface area contributed by atoms with E-state index in [1.807, 2.05) is 12.1 Å².